The molecule has 1 fully saturated rings. The molecule has 0 N–H and O–H groups in total. The lowest BCUT2D eigenvalue weighted by Crippen LogP contribution is -2.43. The minimum Gasteiger partial charge on any atom is -0.345 e. The zero-order valence-corrected chi connectivity index (χ0v) is 19.9. The van der Waals surface area contributed by atoms with Gasteiger partial charge < -0.3 is 14.4 Å². The van der Waals surface area contributed by atoms with Crippen LogP contribution in [0.4, 0.5) is 0 Å². The third kappa shape index (κ3) is 3.99. The van der Waals surface area contributed by atoms with Gasteiger partial charge in [0.05, 0.1) is 6.54 Å². The van der Waals surface area contributed by atoms with Crippen LogP contribution in [0, 0.1) is 5.92 Å². The minimum absolute atomic E-state index is 0.0124. The molecule has 1 aromatic carbocycles. The zero-order valence-electron chi connectivity index (χ0n) is 18.3. The second-order valence-electron chi connectivity index (χ2n) is 8.49. The van der Waals surface area contributed by atoms with Gasteiger partial charge in [-0.25, -0.2) is 4.98 Å². The van der Waals surface area contributed by atoms with E-state index in [1.807, 2.05) is 49.2 Å². The summed E-state index contributed by atoms with van der Waals surface area (Å²) in [7, 11) is 5.49. The van der Waals surface area contributed by atoms with Crippen molar-refractivity contribution in [2.75, 3.05) is 20.6 Å². The van der Waals surface area contributed by atoms with Gasteiger partial charge in [0.25, 0.3) is 5.91 Å². The van der Waals surface area contributed by atoms with Gasteiger partial charge in [-0.05, 0) is 58.1 Å². The fourth-order valence-corrected chi connectivity index (χ4v) is 4.86. The number of piperidine rings is 1. The van der Waals surface area contributed by atoms with Crippen molar-refractivity contribution in [1.29, 1.82) is 0 Å². The summed E-state index contributed by atoms with van der Waals surface area (Å²) in [6.45, 7) is 3.30. The molecule has 2 amide bonds. The first-order chi connectivity index (χ1) is 14.8. The van der Waals surface area contributed by atoms with Gasteiger partial charge in [0.1, 0.15) is 5.65 Å². The molecule has 0 saturated carbocycles. The Bertz CT molecular complexity index is 1140. The van der Waals surface area contributed by atoms with Gasteiger partial charge in [-0.3, -0.25) is 9.59 Å². The van der Waals surface area contributed by atoms with Crippen molar-refractivity contribution in [1.82, 2.24) is 19.4 Å². The van der Waals surface area contributed by atoms with Crippen LogP contribution < -0.4 is 0 Å². The van der Waals surface area contributed by atoms with E-state index in [2.05, 4.69) is 31.5 Å². The van der Waals surface area contributed by atoms with E-state index in [0.29, 0.717) is 18.7 Å². The largest absolute Gasteiger partial charge is 0.345 e. The van der Waals surface area contributed by atoms with Crippen molar-refractivity contribution in [3.8, 4) is 0 Å². The van der Waals surface area contributed by atoms with Gasteiger partial charge in [-0.15, -0.1) is 0 Å². The van der Waals surface area contributed by atoms with E-state index in [1.165, 1.54) is 0 Å². The van der Waals surface area contributed by atoms with Crippen molar-refractivity contribution in [3.63, 3.8) is 0 Å². The van der Waals surface area contributed by atoms with Gasteiger partial charge in [0.2, 0.25) is 5.91 Å². The van der Waals surface area contributed by atoms with Crippen LogP contribution in [-0.4, -0.2) is 51.8 Å². The number of fused-ring (bicyclic) bond motifs is 1. The molecule has 3 heterocycles. The fraction of sp³-hybridized carbons (Fsp3) is 0.375. The molecule has 7 heteroatoms. The van der Waals surface area contributed by atoms with E-state index in [9.17, 15) is 9.59 Å². The Kier molecular flexibility index (Phi) is 5.88. The van der Waals surface area contributed by atoms with Crippen molar-refractivity contribution >= 4 is 38.8 Å². The number of amides is 2. The average Bonchev–Trinajstić information content (AvgIpc) is 3.08. The Morgan fingerprint density at radius 2 is 1.94 bits per heavy atom. The quantitative estimate of drug-likeness (QED) is 0.559. The summed E-state index contributed by atoms with van der Waals surface area (Å²) in [4.78, 5) is 33.3. The first-order valence-electron chi connectivity index (χ1n) is 10.5. The van der Waals surface area contributed by atoms with E-state index >= 15 is 0 Å². The number of hydrogen-bond donors (Lipinski definition) is 0. The third-order valence-corrected chi connectivity index (χ3v) is 7.03. The predicted octanol–water partition coefficient (Wildman–Crippen LogP) is 4.19. The van der Waals surface area contributed by atoms with Crippen LogP contribution in [0.25, 0.3) is 11.0 Å². The summed E-state index contributed by atoms with van der Waals surface area (Å²) in [5.74, 6) is 0.211. The van der Waals surface area contributed by atoms with Gasteiger partial charge in [-0.2, -0.15) is 0 Å². The second kappa shape index (κ2) is 8.46. The molecule has 0 spiro atoms. The number of aromatic nitrogens is 2. The van der Waals surface area contributed by atoms with Crippen molar-refractivity contribution < 1.29 is 9.59 Å². The third-order valence-electron chi connectivity index (χ3n) is 6.33. The van der Waals surface area contributed by atoms with Gasteiger partial charge in [0, 0.05) is 60.9 Å². The summed E-state index contributed by atoms with van der Waals surface area (Å²) in [5, 5.41) is 1.06. The normalized spacial score (nSPS) is 19.1. The molecule has 2 atom stereocenters. The highest BCUT2D eigenvalue weighted by atomic mass is 79.9. The van der Waals surface area contributed by atoms with Crippen molar-refractivity contribution in [2.45, 2.75) is 25.8 Å². The molecule has 0 bridgehead atoms. The van der Waals surface area contributed by atoms with Gasteiger partial charge in [0.15, 0.2) is 0 Å². The molecule has 3 aromatic rings. The molecular formula is C24H27BrN4O2. The molecule has 0 radical (unpaired) electrons. The van der Waals surface area contributed by atoms with Gasteiger partial charge in [-0.1, -0.05) is 19.1 Å². The molecular weight excluding hydrogens is 456 g/mol. The Morgan fingerprint density at radius 1 is 1.23 bits per heavy atom. The highest BCUT2D eigenvalue weighted by Crippen LogP contribution is 2.35. The van der Waals surface area contributed by atoms with Crippen molar-refractivity contribution in [2.24, 2.45) is 13.0 Å². The number of rotatable bonds is 4. The van der Waals surface area contributed by atoms with E-state index in [-0.39, 0.29) is 23.7 Å². The van der Waals surface area contributed by atoms with Crippen LogP contribution in [-0.2, 0) is 18.4 Å². The maximum atomic E-state index is 13.2. The molecule has 0 aliphatic carbocycles. The van der Waals surface area contributed by atoms with Crippen LogP contribution in [0.3, 0.4) is 0 Å². The Labute approximate surface area is 191 Å². The molecule has 2 aromatic heterocycles. The Balaban J connectivity index is 1.50. The van der Waals surface area contributed by atoms with Gasteiger partial charge >= 0.3 is 0 Å². The highest BCUT2D eigenvalue weighted by molar-refractivity contribution is 9.10. The lowest BCUT2D eigenvalue weighted by atomic mass is 9.80. The molecule has 4 rings (SSSR count). The van der Waals surface area contributed by atoms with Crippen LogP contribution >= 0.6 is 15.9 Å². The summed E-state index contributed by atoms with van der Waals surface area (Å²) in [6, 6.07) is 11.8. The number of pyridine rings is 1. The van der Waals surface area contributed by atoms with Crippen LogP contribution in [0.1, 0.15) is 40.9 Å². The first kappa shape index (κ1) is 21.6. The van der Waals surface area contributed by atoms with Crippen LogP contribution in [0.2, 0.25) is 0 Å². The van der Waals surface area contributed by atoms with E-state index in [0.717, 1.165) is 33.2 Å². The monoisotopic (exact) mass is 482 g/mol. The van der Waals surface area contributed by atoms with E-state index < -0.39 is 0 Å². The SMILES string of the molecule is C[C@@H]1C(=O)N(Cc2cc3c(Br)ccnc3n2C)CC[C@H]1c1ccc(C(=O)N(C)C)cc1. The molecule has 162 valence electrons. The van der Waals surface area contributed by atoms with Crippen molar-refractivity contribution in [3.05, 3.63) is 63.9 Å². The van der Waals surface area contributed by atoms with E-state index in [4.69, 9.17) is 0 Å². The number of carbonyl (C=O) groups excluding carboxylic acids is 2. The van der Waals surface area contributed by atoms with Crippen LogP contribution in [0.5, 0.6) is 0 Å². The standard InChI is InChI=1S/C24H27BrN4O2/c1-15-19(16-5-7-17(8-6-16)24(31)27(2)3)10-12-29(23(15)30)14-18-13-20-21(25)9-11-26-22(20)28(18)4/h5-9,11,13,15,19H,10,12,14H2,1-4H3/t15-,19+/m0/s1. The number of hydrogen-bond acceptors (Lipinski definition) is 3. The molecule has 31 heavy (non-hydrogen) atoms. The number of aryl methyl sites for hydroxylation is 1. The number of benzene rings is 1. The molecule has 0 unspecified atom stereocenters. The Morgan fingerprint density at radius 3 is 2.58 bits per heavy atom. The topological polar surface area (TPSA) is 58.4 Å². The number of halogens is 1. The number of carbonyl (C=O) groups is 2. The Hall–Kier alpha value is -2.67. The molecule has 1 aliphatic rings. The molecule has 1 saturated heterocycles. The highest BCUT2D eigenvalue weighted by Gasteiger charge is 2.34. The first-order valence-corrected chi connectivity index (χ1v) is 11.3. The molecule has 1 aliphatic heterocycles. The predicted molar refractivity (Wildman–Crippen MR) is 125 cm³/mol. The maximum absolute atomic E-state index is 13.2. The fourth-order valence-electron chi connectivity index (χ4n) is 4.45. The second-order valence-corrected chi connectivity index (χ2v) is 9.34. The molecule has 6 nitrogen and oxygen atoms in total. The number of likely N-dealkylation sites (tertiary alicyclic amines) is 1. The summed E-state index contributed by atoms with van der Waals surface area (Å²) >= 11 is 3.59. The minimum atomic E-state index is -0.108. The number of nitrogens with zero attached hydrogens (tertiary/aromatic N) is 4. The summed E-state index contributed by atoms with van der Waals surface area (Å²) in [6.07, 6.45) is 2.69. The average molecular weight is 483 g/mol. The zero-order chi connectivity index (χ0) is 22.3. The summed E-state index contributed by atoms with van der Waals surface area (Å²) < 4.78 is 3.07. The van der Waals surface area contributed by atoms with Crippen LogP contribution in [0.15, 0.2) is 47.1 Å². The lowest BCUT2D eigenvalue weighted by molar-refractivity contribution is -0.139. The summed E-state index contributed by atoms with van der Waals surface area (Å²) in [5.41, 5.74) is 3.77. The smallest absolute Gasteiger partial charge is 0.253 e. The maximum Gasteiger partial charge on any atom is 0.253 e. The van der Waals surface area contributed by atoms with E-state index in [1.54, 1.807) is 25.2 Å². The lowest BCUT2D eigenvalue weighted by Gasteiger charge is -2.36.